The summed E-state index contributed by atoms with van der Waals surface area (Å²) < 4.78 is 25.1. The highest BCUT2D eigenvalue weighted by Crippen LogP contribution is 2.37. The fraction of sp³-hybridized carbons (Fsp3) is 0.600. The normalized spacial score (nSPS) is 24.8. The van der Waals surface area contributed by atoms with Gasteiger partial charge in [0.25, 0.3) is 8.18 Å². The summed E-state index contributed by atoms with van der Waals surface area (Å²) in [4.78, 5) is 23.4. The van der Waals surface area contributed by atoms with Gasteiger partial charge in [-0.2, -0.15) is 9.97 Å². The predicted molar refractivity (Wildman–Crippen MR) is 101 cm³/mol. The minimum atomic E-state index is -2.50. The van der Waals surface area contributed by atoms with E-state index in [4.69, 9.17) is 15.0 Å². The van der Waals surface area contributed by atoms with Crippen molar-refractivity contribution in [3.8, 4) is 0 Å². The Morgan fingerprint density at radius 2 is 2.33 bits per heavy atom. The summed E-state index contributed by atoms with van der Waals surface area (Å²) >= 11 is 0. The molecule has 27 heavy (non-hydrogen) atoms. The van der Waals surface area contributed by atoms with Crippen molar-refractivity contribution in [2.75, 3.05) is 24.7 Å². The van der Waals surface area contributed by atoms with Gasteiger partial charge in [0.1, 0.15) is 12.5 Å². The van der Waals surface area contributed by atoms with E-state index < -0.39 is 14.2 Å². The first-order chi connectivity index (χ1) is 12.9. The molecule has 2 aromatic heterocycles. The van der Waals surface area contributed by atoms with E-state index in [2.05, 4.69) is 32.3 Å². The van der Waals surface area contributed by atoms with Gasteiger partial charge in [0.15, 0.2) is 17.0 Å². The van der Waals surface area contributed by atoms with Gasteiger partial charge in [-0.3, -0.25) is 9.13 Å². The lowest BCUT2D eigenvalue weighted by Gasteiger charge is -2.18. The van der Waals surface area contributed by atoms with Crippen LogP contribution in [-0.4, -0.2) is 51.6 Å². The highest BCUT2D eigenvalue weighted by molar-refractivity contribution is 7.36. The number of anilines is 2. The molecule has 5 atom stereocenters. The Morgan fingerprint density at radius 1 is 1.56 bits per heavy atom. The summed E-state index contributed by atoms with van der Waals surface area (Å²) in [6, 6.07) is -0.517. The third kappa shape index (κ3) is 4.27. The van der Waals surface area contributed by atoms with Crippen LogP contribution in [0.4, 0.5) is 11.8 Å². The molecule has 1 unspecified atom stereocenters. The second-order valence-corrected chi connectivity index (χ2v) is 7.69. The Hall–Kier alpha value is -2.07. The first-order valence-electron chi connectivity index (χ1n) is 8.64. The molecule has 3 rings (SSSR count). The number of carbonyl (C=O) groups excluding carboxylic acids is 1. The van der Waals surface area contributed by atoms with Gasteiger partial charge >= 0.3 is 0 Å². The number of rotatable bonds is 8. The van der Waals surface area contributed by atoms with Gasteiger partial charge in [-0.25, -0.2) is 10.1 Å². The minimum absolute atomic E-state index is 0.146. The summed E-state index contributed by atoms with van der Waals surface area (Å²) in [5, 5.41) is 5.55. The molecule has 4 N–H and O–H groups in total. The van der Waals surface area contributed by atoms with Gasteiger partial charge in [-0.1, -0.05) is 6.92 Å². The van der Waals surface area contributed by atoms with E-state index in [9.17, 15) is 9.36 Å². The molecule has 2 aromatic rings. The van der Waals surface area contributed by atoms with Crippen molar-refractivity contribution >= 4 is 37.4 Å². The van der Waals surface area contributed by atoms with Crippen LogP contribution in [0, 0.1) is 5.92 Å². The smallest absolute Gasteiger partial charge is 0.258 e. The summed E-state index contributed by atoms with van der Waals surface area (Å²) in [6.07, 6.45) is 2.52. The lowest BCUT2D eigenvalue weighted by molar-refractivity contribution is -0.108. The Morgan fingerprint density at radius 3 is 3.04 bits per heavy atom. The largest absolute Gasteiger partial charge is 0.371 e. The average Bonchev–Trinajstić information content (AvgIpc) is 3.22. The van der Waals surface area contributed by atoms with E-state index in [0.717, 1.165) is 6.42 Å². The van der Waals surface area contributed by atoms with Gasteiger partial charge in [-0.05, 0) is 13.3 Å². The molecule has 0 amide bonds. The van der Waals surface area contributed by atoms with Crippen LogP contribution in [0.1, 0.15) is 26.5 Å². The molecule has 148 valence electrons. The first kappa shape index (κ1) is 19.7. The number of nitrogens with zero attached hydrogens (tertiary/aromatic N) is 4. The maximum atomic E-state index is 11.8. The van der Waals surface area contributed by atoms with Crippen molar-refractivity contribution in [2.45, 2.75) is 38.6 Å². The van der Waals surface area contributed by atoms with Crippen molar-refractivity contribution in [1.82, 2.24) is 24.6 Å². The number of aldehydes is 1. The van der Waals surface area contributed by atoms with Crippen LogP contribution in [0.2, 0.25) is 0 Å². The second kappa shape index (κ2) is 8.30. The van der Waals surface area contributed by atoms with E-state index in [1.165, 1.54) is 0 Å². The van der Waals surface area contributed by atoms with E-state index in [1.807, 2.05) is 4.57 Å². The molecular weight excluding hydrogens is 373 g/mol. The first-order valence-corrected chi connectivity index (χ1v) is 9.96. The number of ether oxygens (including phenoxy) is 1. The summed E-state index contributed by atoms with van der Waals surface area (Å²) in [5.74, 6) is 0.860. The fourth-order valence-electron chi connectivity index (χ4n) is 3.09. The quantitative estimate of drug-likeness (QED) is 0.435. The number of nitrogens with one attached hydrogen (secondary N) is 2. The molecule has 1 aliphatic rings. The van der Waals surface area contributed by atoms with Gasteiger partial charge in [0.05, 0.1) is 25.1 Å². The molecule has 1 saturated heterocycles. The summed E-state index contributed by atoms with van der Waals surface area (Å²) in [7, 11) is -0.760. The maximum Gasteiger partial charge on any atom is 0.258 e. The molecule has 0 spiro atoms. The standard InChI is InChI=1S/C15H24N7O4P/c1-8-4-10(6-25-27(24)21-9(2)5-23)26-14(8)22-7-18-11-12(17-3)19-15(16)20-13(11)22/h5,7-10,14,27H,4,6H2,1-3H3,(H,21,24)(H3,16,17,19,20)/t8-,9-,10-,14+/m0/s1. The van der Waals surface area contributed by atoms with Crippen molar-refractivity contribution in [2.24, 2.45) is 5.92 Å². The van der Waals surface area contributed by atoms with Gasteiger partial charge in [0.2, 0.25) is 5.95 Å². The monoisotopic (exact) mass is 397 g/mol. The Bertz CT molecular complexity index is 845. The van der Waals surface area contributed by atoms with Gasteiger partial charge in [-0.15, -0.1) is 0 Å². The average molecular weight is 397 g/mol. The molecule has 3 heterocycles. The zero-order chi connectivity index (χ0) is 19.6. The number of hydrogen-bond acceptors (Lipinski definition) is 9. The molecule has 0 saturated carbocycles. The second-order valence-electron chi connectivity index (χ2n) is 6.53. The number of imidazole rings is 1. The zero-order valence-corrected chi connectivity index (χ0v) is 16.4. The van der Waals surface area contributed by atoms with Gasteiger partial charge in [0, 0.05) is 13.0 Å². The lowest BCUT2D eigenvalue weighted by Crippen LogP contribution is -2.22. The van der Waals surface area contributed by atoms with Crippen LogP contribution >= 0.6 is 8.18 Å². The van der Waals surface area contributed by atoms with Crippen molar-refractivity contribution in [3.63, 3.8) is 0 Å². The van der Waals surface area contributed by atoms with Crippen LogP contribution in [0.3, 0.4) is 0 Å². The molecule has 1 aliphatic heterocycles. The zero-order valence-electron chi connectivity index (χ0n) is 15.4. The molecule has 0 bridgehead atoms. The molecule has 0 radical (unpaired) electrons. The lowest BCUT2D eigenvalue weighted by atomic mass is 10.1. The third-order valence-corrected chi connectivity index (χ3v) is 5.47. The van der Waals surface area contributed by atoms with E-state index in [-0.39, 0.29) is 30.8 Å². The van der Waals surface area contributed by atoms with Crippen molar-refractivity contribution in [3.05, 3.63) is 6.33 Å². The number of aromatic nitrogens is 4. The van der Waals surface area contributed by atoms with Crippen LogP contribution in [0.25, 0.3) is 11.2 Å². The molecule has 0 aliphatic carbocycles. The number of nitrogens with two attached hydrogens (primary N) is 1. The van der Waals surface area contributed by atoms with Crippen LogP contribution in [0.5, 0.6) is 0 Å². The molecule has 1 fully saturated rings. The Labute approximate surface area is 157 Å². The van der Waals surface area contributed by atoms with Crippen LogP contribution in [0.15, 0.2) is 6.33 Å². The SMILES string of the molecule is CNc1nc(N)nc2c1ncn2[C@@H]1O[C@H](CO[PH](=O)N[C@@H](C)C=O)C[C@@H]1C. The van der Waals surface area contributed by atoms with Crippen LogP contribution < -0.4 is 16.1 Å². The van der Waals surface area contributed by atoms with E-state index in [1.54, 1.807) is 20.3 Å². The Kier molecular flexibility index (Phi) is 6.05. The van der Waals surface area contributed by atoms with Crippen molar-refractivity contribution < 1.29 is 18.6 Å². The topological polar surface area (TPSA) is 146 Å². The van der Waals surface area contributed by atoms with E-state index in [0.29, 0.717) is 23.3 Å². The summed E-state index contributed by atoms with van der Waals surface area (Å²) in [5.41, 5.74) is 6.99. The number of fused-ring (bicyclic) bond motifs is 1. The number of nitrogen functional groups attached to an aromatic ring is 1. The molecular formula is C15H24N7O4P. The maximum absolute atomic E-state index is 11.8. The highest BCUT2D eigenvalue weighted by Gasteiger charge is 2.35. The van der Waals surface area contributed by atoms with Gasteiger partial charge < -0.3 is 25.1 Å². The number of carbonyl (C=O) groups is 1. The minimum Gasteiger partial charge on any atom is -0.371 e. The highest BCUT2D eigenvalue weighted by atomic mass is 31.1. The molecule has 0 aromatic carbocycles. The van der Waals surface area contributed by atoms with Crippen LogP contribution in [-0.2, 0) is 18.6 Å². The summed E-state index contributed by atoms with van der Waals surface area (Å²) in [6.45, 7) is 3.83. The predicted octanol–water partition coefficient (Wildman–Crippen LogP) is 0.957. The van der Waals surface area contributed by atoms with Crippen molar-refractivity contribution in [1.29, 1.82) is 0 Å². The third-order valence-electron chi connectivity index (χ3n) is 4.35. The molecule has 11 nitrogen and oxygen atoms in total. The Balaban J connectivity index is 1.70. The fourth-order valence-corrected chi connectivity index (χ4v) is 3.95. The van der Waals surface area contributed by atoms with E-state index >= 15 is 0 Å². The number of hydrogen-bond donors (Lipinski definition) is 3. The molecule has 12 heteroatoms.